The monoisotopic (exact) mass is 226 g/mol. The quantitative estimate of drug-likeness (QED) is 0.731. The van der Waals surface area contributed by atoms with Gasteiger partial charge in [0, 0.05) is 11.3 Å². The molecule has 4 heteroatoms. The molecule has 1 saturated heterocycles. The maximum atomic E-state index is 11.4. The van der Waals surface area contributed by atoms with Crippen molar-refractivity contribution >= 4 is 22.8 Å². The summed E-state index contributed by atoms with van der Waals surface area (Å²) in [5.41, 5.74) is 0.633. The van der Waals surface area contributed by atoms with E-state index in [2.05, 4.69) is 0 Å². The average molecular weight is 226 g/mol. The van der Waals surface area contributed by atoms with Gasteiger partial charge in [0.2, 0.25) is 5.12 Å². The van der Waals surface area contributed by atoms with E-state index in [9.17, 15) is 9.59 Å². The highest BCUT2D eigenvalue weighted by Gasteiger charge is 2.61. The van der Waals surface area contributed by atoms with Gasteiger partial charge in [-0.25, -0.2) is 0 Å². The number of rotatable bonds is 2. The fraction of sp³-hybridized carbons (Fsp3) is 0.636. The van der Waals surface area contributed by atoms with Gasteiger partial charge in [-0.15, -0.1) is 0 Å². The number of hydrogen-bond donors (Lipinski definition) is 1. The van der Waals surface area contributed by atoms with Gasteiger partial charge in [0.05, 0.1) is 5.92 Å². The number of hydrogen-bond acceptors (Lipinski definition) is 3. The Bertz CT molecular complexity index is 357. The Morgan fingerprint density at radius 1 is 1.60 bits per heavy atom. The van der Waals surface area contributed by atoms with Gasteiger partial charge in [-0.3, -0.25) is 9.59 Å². The van der Waals surface area contributed by atoms with Gasteiger partial charge in [-0.1, -0.05) is 31.7 Å². The van der Waals surface area contributed by atoms with Crippen molar-refractivity contribution in [2.75, 3.05) is 5.75 Å². The first-order valence-corrected chi connectivity index (χ1v) is 6.04. The third kappa shape index (κ3) is 1.71. The van der Waals surface area contributed by atoms with Gasteiger partial charge in [-0.2, -0.15) is 0 Å². The Hall–Kier alpha value is -0.770. The Morgan fingerprint density at radius 2 is 2.27 bits per heavy atom. The normalized spacial score (nSPS) is 35.9. The van der Waals surface area contributed by atoms with Gasteiger partial charge < -0.3 is 5.11 Å². The minimum Gasteiger partial charge on any atom is -0.481 e. The number of carboxylic acid groups (broad SMARTS) is 1. The van der Waals surface area contributed by atoms with E-state index in [1.54, 1.807) is 0 Å². The van der Waals surface area contributed by atoms with Gasteiger partial charge in [-0.05, 0) is 17.8 Å². The lowest BCUT2D eigenvalue weighted by Gasteiger charge is -1.97. The molecule has 1 aliphatic carbocycles. The van der Waals surface area contributed by atoms with E-state index in [1.165, 1.54) is 11.8 Å². The summed E-state index contributed by atoms with van der Waals surface area (Å²) in [5, 5.41) is 9.11. The average Bonchev–Trinajstić information content (AvgIpc) is 2.47. The molecule has 82 valence electrons. The molecule has 0 aromatic carbocycles. The van der Waals surface area contributed by atoms with E-state index in [0.717, 1.165) is 17.7 Å². The van der Waals surface area contributed by atoms with Crippen molar-refractivity contribution in [1.29, 1.82) is 0 Å². The molecule has 2 fully saturated rings. The highest BCUT2D eigenvalue weighted by Crippen LogP contribution is 2.59. The zero-order valence-electron chi connectivity index (χ0n) is 8.82. The fourth-order valence-electron chi connectivity index (χ4n) is 2.28. The molecule has 1 heterocycles. The van der Waals surface area contributed by atoms with E-state index >= 15 is 0 Å². The van der Waals surface area contributed by atoms with E-state index in [-0.39, 0.29) is 22.4 Å². The Balaban J connectivity index is 2.15. The van der Waals surface area contributed by atoms with Crippen molar-refractivity contribution in [3.63, 3.8) is 0 Å². The Morgan fingerprint density at radius 3 is 2.67 bits per heavy atom. The van der Waals surface area contributed by atoms with Crippen LogP contribution >= 0.6 is 11.8 Å². The van der Waals surface area contributed by atoms with Gasteiger partial charge in [0.15, 0.2) is 0 Å². The minimum absolute atomic E-state index is 0.0349. The van der Waals surface area contributed by atoms with Crippen LogP contribution in [0.4, 0.5) is 0 Å². The first-order chi connectivity index (χ1) is 6.94. The van der Waals surface area contributed by atoms with Crippen LogP contribution in [-0.4, -0.2) is 21.9 Å². The van der Waals surface area contributed by atoms with E-state index in [0.29, 0.717) is 0 Å². The summed E-state index contributed by atoms with van der Waals surface area (Å²) in [4.78, 5) is 22.3. The van der Waals surface area contributed by atoms with Crippen molar-refractivity contribution in [3.05, 3.63) is 11.6 Å². The summed E-state index contributed by atoms with van der Waals surface area (Å²) in [6, 6.07) is 0. The molecular formula is C11H14O3S. The molecule has 1 saturated carbocycles. The molecule has 0 aromatic rings. The van der Waals surface area contributed by atoms with Crippen LogP contribution in [0.2, 0.25) is 0 Å². The lowest BCUT2D eigenvalue weighted by molar-refractivity contribution is -0.139. The summed E-state index contributed by atoms with van der Waals surface area (Å²) in [6.07, 6.45) is 2.68. The zero-order chi connectivity index (χ0) is 11.2. The molecule has 1 N–H and O–H groups in total. The number of carbonyl (C=O) groups is 2. The van der Waals surface area contributed by atoms with Crippen LogP contribution in [-0.2, 0) is 9.59 Å². The van der Waals surface area contributed by atoms with Crippen LogP contribution in [0.5, 0.6) is 0 Å². The van der Waals surface area contributed by atoms with Gasteiger partial charge >= 0.3 is 5.97 Å². The summed E-state index contributed by atoms with van der Waals surface area (Å²) < 4.78 is 0. The molecule has 0 spiro atoms. The fourth-order valence-corrected chi connectivity index (χ4v) is 3.14. The SMILES string of the molecule is CC1(C)C(C=C2CCSC2=O)[C@H]1C(=O)O. The van der Waals surface area contributed by atoms with E-state index < -0.39 is 5.97 Å². The van der Waals surface area contributed by atoms with E-state index in [4.69, 9.17) is 5.11 Å². The molecule has 0 radical (unpaired) electrons. The van der Waals surface area contributed by atoms with Gasteiger partial charge in [0.25, 0.3) is 0 Å². The topological polar surface area (TPSA) is 54.4 Å². The highest BCUT2D eigenvalue weighted by atomic mass is 32.2. The summed E-state index contributed by atoms with van der Waals surface area (Å²) in [5.74, 6) is -0.189. The van der Waals surface area contributed by atoms with Crippen LogP contribution < -0.4 is 0 Å². The number of carbonyl (C=O) groups excluding carboxylic acids is 1. The van der Waals surface area contributed by atoms with Crippen molar-refractivity contribution in [1.82, 2.24) is 0 Å². The highest BCUT2D eigenvalue weighted by molar-refractivity contribution is 8.14. The van der Waals surface area contributed by atoms with Crippen LogP contribution in [0.3, 0.4) is 0 Å². The van der Waals surface area contributed by atoms with Crippen LogP contribution in [0.15, 0.2) is 11.6 Å². The van der Waals surface area contributed by atoms with Crippen LogP contribution in [0.25, 0.3) is 0 Å². The number of carboxylic acids is 1. The standard InChI is InChI=1S/C11H14O3S/c1-11(2)7(8(11)9(12)13)5-6-3-4-15-10(6)14/h5,7-8H,3-4H2,1-2H3,(H,12,13)/t7?,8-/m0/s1. The molecule has 1 aliphatic heterocycles. The second kappa shape index (κ2) is 3.37. The molecule has 0 bridgehead atoms. The first kappa shape index (κ1) is 10.7. The van der Waals surface area contributed by atoms with Crippen molar-refractivity contribution in [3.8, 4) is 0 Å². The second-order valence-corrected chi connectivity index (χ2v) is 5.81. The smallest absolute Gasteiger partial charge is 0.307 e. The molecular weight excluding hydrogens is 212 g/mol. The third-order valence-electron chi connectivity index (χ3n) is 3.42. The maximum Gasteiger partial charge on any atom is 0.307 e. The molecule has 1 unspecified atom stereocenters. The van der Waals surface area contributed by atoms with Gasteiger partial charge in [0.1, 0.15) is 0 Å². The summed E-state index contributed by atoms with van der Waals surface area (Å²) >= 11 is 1.33. The first-order valence-electron chi connectivity index (χ1n) is 5.05. The lowest BCUT2D eigenvalue weighted by atomic mass is 10.1. The molecule has 0 amide bonds. The molecule has 2 rings (SSSR count). The van der Waals surface area contributed by atoms with Crippen molar-refractivity contribution in [2.24, 2.45) is 17.3 Å². The van der Waals surface area contributed by atoms with Crippen molar-refractivity contribution < 1.29 is 14.7 Å². The van der Waals surface area contributed by atoms with Crippen LogP contribution in [0.1, 0.15) is 20.3 Å². The number of thioether (sulfide) groups is 1. The minimum atomic E-state index is -0.750. The maximum absolute atomic E-state index is 11.4. The predicted molar refractivity (Wildman–Crippen MR) is 58.6 cm³/mol. The predicted octanol–water partition coefficient (Wildman–Crippen LogP) is 1.93. The molecule has 2 aliphatic rings. The number of aliphatic carboxylic acids is 1. The molecule has 3 nitrogen and oxygen atoms in total. The molecule has 15 heavy (non-hydrogen) atoms. The molecule has 2 atom stereocenters. The summed E-state index contributed by atoms with van der Waals surface area (Å²) in [6.45, 7) is 3.89. The van der Waals surface area contributed by atoms with E-state index in [1.807, 2.05) is 19.9 Å². The summed E-state index contributed by atoms with van der Waals surface area (Å²) in [7, 11) is 0. The second-order valence-electron chi connectivity index (χ2n) is 4.74. The van der Waals surface area contributed by atoms with Crippen LogP contribution in [0, 0.1) is 17.3 Å². The van der Waals surface area contributed by atoms with Crippen molar-refractivity contribution in [2.45, 2.75) is 20.3 Å². The zero-order valence-corrected chi connectivity index (χ0v) is 9.63. The third-order valence-corrected chi connectivity index (χ3v) is 4.36. The largest absolute Gasteiger partial charge is 0.481 e. The number of allylic oxidation sites excluding steroid dienone is 1. The Labute approximate surface area is 92.9 Å². The lowest BCUT2D eigenvalue weighted by Crippen LogP contribution is -2.03. The molecule has 0 aromatic heterocycles. The Kier molecular flexibility index (Phi) is 2.41.